The number of rotatable bonds is 2. The van der Waals surface area contributed by atoms with Crippen molar-refractivity contribution >= 4 is 22.9 Å². The van der Waals surface area contributed by atoms with E-state index >= 15 is 0 Å². The second kappa shape index (κ2) is 4.65. The molecule has 2 nitrogen and oxygen atoms in total. The van der Waals surface area contributed by atoms with Gasteiger partial charge in [-0.05, 0) is 28.8 Å². The monoisotopic (exact) mass is 258 g/mol. The zero-order valence-corrected chi connectivity index (χ0v) is 11.4. The highest BCUT2D eigenvalue weighted by Gasteiger charge is 2.33. The number of thiophene rings is 1. The first-order chi connectivity index (χ1) is 7.49. The molecule has 16 heavy (non-hydrogen) atoms. The molecular weight excluding hydrogens is 240 g/mol. The maximum absolute atomic E-state index is 6.13. The zero-order chi connectivity index (χ0) is 11.8. The van der Waals surface area contributed by atoms with Crippen molar-refractivity contribution in [3.05, 3.63) is 21.3 Å². The maximum atomic E-state index is 6.13. The van der Waals surface area contributed by atoms with Crippen LogP contribution >= 0.6 is 22.9 Å². The summed E-state index contributed by atoms with van der Waals surface area (Å²) in [4.78, 5) is 2.46. The second-order valence-corrected chi connectivity index (χ2v) is 6.83. The van der Waals surface area contributed by atoms with Crippen molar-refractivity contribution in [1.29, 1.82) is 0 Å². The molecule has 1 fully saturated rings. The molecule has 0 saturated carbocycles. The lowest BCUT2D eigenvalue weighted by Gasteiger charge is -2.42. The van der Waals surface area contributed by atoms with Crippen LogP contribution in [0.4, 0.5) is 0 Å². The number of nitrogens with zero attached hydrogens (tertiary/aromatic N) is 1. The lowest BCUT2D eigenvalue weighted by molar-refractivity contribution is 0.0900. The molecular formula is C12H19ClN2S. The van der Waals surface area contributed by atoms with Gasteiger partial charge >= 0.3 is 0 Å². The van der Waals surface area contributed by atoms with Crippen molar-refractivity contribution in [2.45, 2.75) is 32.9 Å². The highest BCUT2D eigenvalue weighted by atomic mass is 35.5. The van der Waals surface area contributed by atoms with E-state index in [4.69, 9.17) is 17.3 Å². The smallest absolute Gasteiger partial charge is 0.0973 e. The normalized spacial score (nSPS) is 25.9. The minimum absolute atomic E-state index is 0.209. The highest BCUT2D eigenvalue weighted by molar-refractivity contribution is 7.14. The van der Waals surface area contributed by atoms with Crippen LogP contribution in [0, 0.1) is 5.41 Å². The Balaban J connectivity index is 2.00. The standard InChI is InChI=1S/C12H19ClN2S/c1-12(2)8-15(5-3-10(12)14)7-9-4-6-16-11(9)13/h4,6,10H,3,5,7-8,14H2,1-2H3. The maximum Gasteiger partial charge on any atom is 0.0973 e. The van der Waals surface area contributed by atoms with Crippen LogP contribution in [0.5, 0.6) is 0 Å². The van der Waals surface area contributed by atoms with Gasteiger partial charge in [-0.2, -0.15) is 0 Å². The van der Waals surface area contributed by atoms with Gasteiger partial charge in [0.1, 0.15) is 0 Å². The first kappa shape index (κ1) is 12.4. The molecule has 1 saturated heterocycles. The fraction of sp³-hybridized carbons (Fsp3) is 0.667. The van der Waals surface area contributed by atoms with Crippen LogP contribution in [0.25, 0.3) is 0 Å². The summed E-state index contributed by atoms with van der Waals surface area (Å²) in [7, 11) is 0. The molecule has 1 aliphatic rings. The molecule has 1 aliphatic heterocycles. The van der Waals surface area contributed by atoms with E-state index in [0.717, 1.165) is 30.4 Å². The predicted octanol–water partition coefficient (Wildman–Crippen LogP) is 2.96. The average molecular weight is 259 g/mol. The van der Waals surface area contributed by atoms with Crippen molar-refractivity contribution in [1.82, 2.24) is 4.90 Å². The van der Waals surface area contributed by atoms with Crippen LogP contribution in [0.15, 0.2) is 11.4 Å². The van der Waals surface area contributed by atoms with Gasteiger partial charge in [0.15, 0.2) is 0 Å². The fourth-order valence-corrected chi connectivity index (χ4v) is 3.21. The fourth-order valence-electron chi connectivity index (χ4n) is 2.29. The summed E-state index contributed by atoms with van der Waals surface area (Å²) < 4.78 is 0.924. The van der Waals surface area contributed by atoms with Crippen molar-refractivity contribution in [2.75, 3.05) is 13.1 Å². The van der Waals surface area contributed by atoms with Gasteiger partial charge in [0, 0.05) is 25.7 Å². The molecule has 1 aromatic rings. The Morgan fingerprint density at radius 1 is 1.62 bits per heavy atom. The molecule has 4 heteroatoms. The summed E-state index contributed by atoms with van der Waals surface area (Å²) in [6.07, 6.45) is 1.08. The van der Waals surface area contributed by atoms with Crippen LogP contribution in [0.1, 0.15) is 25.8 Å². The van der Waals surface area contributed by atoms with E-state index < -0.39 is 0 Å². The van der Waals surface area contributed by atoms with E-state index in [9.17, 15) is 0 Å². The third-order valence-corrected chi connectivity index (χ3v) is 4.73. The topological polar surface area (TPSA) is 29.3 Å². The quantitative estimate of drug-likeness (QED) is 0.884. The third kappa shape index (κ3) is 2.59. The van der Waals surface area contributed by atoms with Gasteiger partial charge in [-0.3, -0.25) is 4.90 Å². The molecule has 0 bridgehead atoms. The van der Waals surface area contributed by atoms with Crippen molar-refractivity contribution in [3.63, 3.8) is 0 Å². The Hall–Kier alpha value is -0.0900. The van der Waals surface area contributed by atoms with Crippen LogP contribution in [0.2, 0.25) is 4.34 Å². The predicted molar refractivity (Wildman–Crippen MR) is 71.0 cm³/mol. The van der Waals surface area contributed by atoms with E-state index in [0.29, 0.717) is 6.04 Å². The molecule has 1 atom stereocenters. The SMILES string of the molecule is CC1(C)CN(Cc2ccsc2Cl)CCC1N. The molecule has 0 spiro atoms. The first-order valence-corrected chi connectivity index (χ1v) is 6.94. The summed E-state index contributed by atoms with van der Waals surface area (Å²) in [5, 5.41) is 2.05. The largest absolute Gasteiger partial charge is 0.327 e. The van der Waals surface area contributed by atoms with Gasteiger partial charge in [-0.1, -0.05) is 25.4 Å². The summed E-state index contributed by atoms with van der Waals surface area (Å²) in [5.74, 6) is 0. The molecule has 1 unspecified atom stereocenters. The van der Waals surface area contributed by atoms with Gasteiger partial charge in [-0.25, -0.2) is 0 Å². The Morgan fingerprint density at radius 3 is 2.94 bits per heavy atom. The van der Waals surface area contributed by atoms with Gasteiger partial charge in [-0.15, -0.1) is 11.3 Å². The lowest BCUT2D eigenvalue weighted by Crippen LogP contribution is -2.52. The molecule has 0 aliphatic carbocycles. The van der Waals surface area contributed by atoms with Gasteiger partial charge in [0.2, 0.25) is 0 Å². The number of hydrogen-bond donors (Lipinski definition) is 1. The van der Waals surface area contributed by atoms with Crippen molar-refractivity contribution in [2.24, 2.45) is 11.1 Å². The average Bonchev–Trinajstić information content (AvgIpc) is 2.58. The van der Waals surface area contributed by atoms with Crippen LogP contribution in [0.3, 0.4) is 0 Å². The van der Waals surface area contributed by atoms with Gasteiger partial charge in [0.25, 0.3) is 0 Å². The number of halogens is 1. The lowest BCUT2D eigenvalue weighted by atomic mass is 9.79. The minimum Gasteiger partial charge on any atom is -0.327 e. The molecule has 2 heterocycles. The van der Waals surface area contributed by atoms with Crippen LogP contribution < -0.4 is 5.73 Å². The van der Waals surface area contributed by atoms with Crippen LogP contribution in [-0.2, 0) is 6.54 Å². The highest BCUT2D eigenvalue weighted by Crippen LogP contribution is 2.30. The first-order valence-electron chi connectivity index (χ1n) is 5.69. The third-order valence-electron chi connectivity index (χ3n) is 3.48. The summed E-state index contributed by atoms with van der Waals surface area (Å²) in [6, 6.07) is 2.44. The Morgan fingerprint density at radius 2 is 2.38 bits per heavy atom. The van der Waals surface area contributed by atoms with E-state index in [1.807, 2.05) is 0 Å². The second-order valence-electron chi connectivity index (χ2n) is 5.31. The molecule has 0 radical (unpaired) electrons. The van der Waals surface area contributed by atoms with E-state index in [-0.39, 0.29) is 5.41 Å². The van der Waals surface area contributed by atoms with Gasteiger partial charge in [0.05, 0.1) is 4.34 Å². The molecule has 2 rings (SSSR count). The number of likely N-dealkylation sites (tertiary alicyclic amines) is 1. The zero-order valence-electron chi connectivity index (χ0n) is 9.87. The number of piperidine rings is 1. The van der Waals surface area contributed by atoms with Gasteiger partial charge < -0.3 is 5.73 Å². The van der Waals surface area contributed by atoms with Crippen LogP contribution in [-0.4, -0.2) is 24.0 Å². The van der Waals surface area contributed by atoms with Crippen molar-refractivity contribution < 1.29 is 0 Å². The molecule has 0 aromatic carbocycles. The number of hydrogen-bond acceptors (Lipinski definition) is 3. The summed E-state index contributed by atoms with van der Waals surface area (Å²) in [5.41, 5.74) is 7.58. The van der Waals surface area contributed by atoms with E-state index in [1.54, 1.807) is 11.3 Å². The van der Waals surface area contributed by atoms with E-state index in [2.05, 4.69) is 30.2 Å². The van der Waals surface area contributed by atoms with E-state index in [1.165, 1.54) is 5.56 Å². The Bertz CT molecular complexity index is 362. The van der Waals surface area contributed by atoms with Crippen molar-refractivity contribution in [3.8, 4) is 0 Å². The molecule has 2 N–H and O–H groups in total. The minimum atomic E-state index is 0.209. The molecule has 1 aromatic heterocycles. The Kier molecular flexibility index (Phi) is 3.59. The summed E-state index contributed by atoms with van der Waals surface area (Å²) >= 11 is 7.73. The number of nitrogens with two attached hydrogens (primary N) is 1. The Labute approximate surface area is 106 Å². The molecule has 0 amide bonds. The molecule has 90 valence electrons. The summed E-state index contributed by atoms with van der Waals surface area (Å²) in [6.45, 7) is 7.59.